The minimum atomic E-state index is -0.246. The van der Waals surface area contributed by atoms with Gasteiger partial charge in [0.05, 0.1) is 23.7 Å². The molecule has 0 aliphatic rings. The molecule has 0 N–H and O–H groups in total. The average Bonchev–Trinajstić information content (AvgIpc) is 2.91. The van der Waals surface area contributed by atoms with Crippen LogP contribution in [0, 0.1) is 0 Å². The molecule has 0 amide bonds. The predicted octanol–water partition coefficient (Wildman–Crippen LogP) is 8.71. The molecule has 38 heavy (non-hydrogen) atoms. The summed E-state index contributed by atoms with van der Waals surface area (Å²) >= 11 is 17.2. The molecule has 1 heterocycles. The van der Waals surface area contributed by atoms with Gasteiger partial charge in [0, 0.05) is 24.9 Å². The van der Waals surface area contributed by atoms with Crippen molar-refractivity contribution in [3.05, 3.63) is 94.3 Å². The predicted molar refractivity (Wildman–Crippen MR) is 164 cm³/mol. The third-order valence-electron chi connectivity index (χ3n) is 5.95. The van der Waals surface area contributed by atoms with Crippen molar-refractivity contribution in [2.24, 2.45) is 5.10 Å². The molecule has 0 unspecified atom stereocenters. The summed E-state index contributed by atoms with van der Waals surface area (Å²) in [5.74, 6) is 1.52. The summed E-state index contributed by atoms with van der Waals surface area (Å²) in [5, 5.41) is 5.40. The lowest BCUT2D eigenvalue weighted by molar-refractivity contribution is 0.269. The van der Waals surface area contributed by atoms with Crippen molar-refractivity contribution in [1.82, 2.24) is 9.66 Å². The standard InChI is InChI=1S/C28H25Br3ClN3O3/c1-4-16(3)27-34-22-11-10-20(30)13-21(22)28(36)35(27)33-14-18-12-23(37-5-2)26(25(32)24(18)31)38-15-17-6-8-19(29)9-7-17/h6-14,16H,4-5,15H2,1-3H3/t16-/m1/s1. The van der Waals surface area contributed by atoms with Crippen molar-refractivity contribution in [3.63, 3.8) is 0 Å². The van der Waals surface area contributed by atoms with Crippen molar-refractivity contribution in [1.29, 1.82) is 0 Å². The summed E-state index contributed by atoms with van der Waals surface area (Å²) in [5.41, 5.74) is 2.01. The molecule has 1 atom stereocenters. The van der Waals surface area contributed by atoms with Crippen LogP contribution in [0.25, 0.3) is 10.9 Å². The zero-order valence-corrected chi connectivity index (χ0v) is 26.5. The molecular formula is C28H25Br3ClN3O3. The van der Waals surface area contributed by atoms with Gasteiger partial charge in [0.1, 0.15) is 17.5 Å². The third-order valence-corrected chi connectivity index (χ3v) is 8.42. The fourth-order valence-electron chi connectivity index (χ4n) is 3.73. The summed E-state index contributed by atoms with van der Waals surface area (Å²) in [7, 11) is 0. The average molecular weight is 727 g/mol. The first kappa shape index (κ1) is 28.8. The van der Waals surface area contributed by atoms with E-state index in [0.29, 0.717) is 56.5 Å². The molecule has 0 fully saturated rings. The van der Waals surface area contributed by atoms with Gasteiger partial charge in [-0.3, -0.25) is 4.79 Å². The van der Waals surface area contributed by atoms with E-state index >= 15 is 0 Å². The summed E-state index contributed by atoms with van der Waals surface area (Å²) in [6.45, 7) is 6.70. The van der Waals surface area contributed by atoms with Crippen LogP contribution in [0.15, 0.2) is 71.8 Å². The lowest BCUT2D eigenvalue weighted by Crippen LogP contribution is -2.23. The van der Waals surface area contributed by atoms with Crippen LogP contribution in [0.4, 0.5) is 0 Å². The smallest absolute Gasteiger partial charge is 0.282 e. The SMILES string of the molecule is CCOc1cc(C=Nn2c([C@H](C)CC)nc3ccc(Br)cc3c2=O)c(Br)c(Cl)c1OCc1ccc(Br)cc1. The molecule has 198 valence electrons. The van der Waals surface area contributed by atoms with E-state index in [1.165, 1.54) is 4.68 Å². The molecule has 0 bridgehead atoms. The number of rotatable bonds is 9. The molecule has 0 aliphatic carbocycles. The van der Waals surface area contributed by atoms with Gasteiger partial charge in [0.25, 0.3) is 5.56 Å². The molecule has 3 aromatic carbocycles. The Hall–Kier alpha value is -2.20. The Bertz CT molecular complexity index is 1560. The number of ether oxygens (including phenoxy) is 2. The first-order valence-corrected chi connectivity index (χ1v) is 14.8. The minimum Gasteiger partial charge on any atom is -0.490 e. The maximum atomic E-state index is 13.5. The fraction of sp³-hybridized carbons (Fsp3) is 0.250. The van der Waals surface area contributed by atoms with Gasteiger partial charge in [-0.15, -0.1) is 0 Å². The Morgan fingerprint density at radius 3 is 2.45 bits per heavy atom. The fourth-order valence-corrected chi connectivity index (χ4v) is 5.01. The van der Waals surface area contributed by atoms with Gasteiger partial charge in [0.15, 0.2) is 11.5 Å². The van der Waals surface area contributed by atoms with E-state index in [1.54, 1.807) is 18.3 Å². The number of fused-ring (bicyclic) bond motifs is 1. The first-order valence-electron chi connectivity index (χ1n) is 12.0. The van der Waals surface area contributed by atoms with Crippen LogP contribution in [-0.2, 0) is 6.61 Å². The van der Waals surface area contributed by atoms with Crippen molar-refractivity contribution in [2.45, 2.75) is 39.7 Å². The van der Waals surface area contributed by atoms with Crippen LogP contribution in [0.5, 0.6) is 11.5 Å². The van der Waals surface area contributed by atoms with Crippen molar-refractivity contribution in [2.75, 3.05) is 6.61 Å². The van der Waals surface area contributed by atoms with Gasteiger partial charge in [-0.05, 0) is 71.2 Å². The highest BCUT2D eigenvalue weighted by atomic mass is 79.9. The van der Waals surface area contributed by atoms with Crippen molar-refractivity contribution in [3.8, 4) is 11.5 Å². The van der Waals surface area contributed by atoms with Crippen LogP contribution in [-0.4, -0.2) is 22.5 Å². The van der Waals surface area contributed by atoms with Crippen LogP contribution in [0.1, 0.15) is 50.1 Å². The van der Waals surface area contributed by atoms with Crippen LogP contribution in [0.2, 0.25) is 5.02 Å². The topological polar surface area (TPSA) is 65.7 Å². The monoisotopic (exact) mass is 723 g/mol. The molecule has 0 radical (unpaired) electrons. The van der Waals surface area contributed by atoms with Gasteiger partial charge in [-0.1, -0.05) is 69.4 Å². The first-order chi connectivity index (χ1) is 18.2. The van der Waals surface area contributed by atoms with Crippen LogP contribution < -0.4 is 15.0 Å². The lowest BCUT2D eigenvalue weighted by atomic mass is 10.1. The molecule has 1 aromatic heterocycles. The second kappa shape index (κ2) is 12.8. The number of hydrogen-bond acceptors (Lipinski definition) is 5. The minimum absolute atomic E-state index is 0.0216. The van der Waals surface area contributed by atoms with Gasteiger partial charge < -0.3 is 9.47 Å². The molecule has 10 heteroatoms. The zero-order chi connectivity index (χ0) is 27.4. The molecule has 4 aromatic rings. The number of aromatic nitrogens is 2. The Balaban J connectivity index is 1.76. The highest BCUT2D eigenvalue weighted by molar-refractivity contribution is 9.11. The molecule has 6 nitrogen and oxygen atoms in total. The maximum absolute atomic E-state index is 13.5. The zero-order valence-electron chi connectivity index (χ0n) is 21.0. The van der Waals surface area contributed by atoms with Gasteiger partial charge in [-0.2, -0.15) is 9.78 Å². The summed E-state index contributed by atoms with van der Waals surface area (Å²) in [4.78, 5) is 18.2. The van der Waals surface area contributed by atoms with E-state index in [4.69, 9.17) is 26.1 Å². The van der Waals surface area contributed by atoms with Gasteiger partial charge >= 0.3 is 0 Å². The van der Waals surface area contributed by atoms with Gasteiger partial charge in [0.2, 0.25) is 0 Å². The van der Waals surface area contributed by atoms with Crippen LogP contribution >= 0.6 is 59.4 Å². The number of hydrogen-bond donors (Lipinski definition) is 0. The highest BCUT2D eigenvalue weighted by Gasteiger charge is 2.19. The molecule has 0 saturated heterocycles. The summed E-state index contributed by atoms with van der Waals surface area (Å²) in [6, 6.07) is 15.1. The molecule has 0 spiro atoms. The Kier molecular flexibility index (Phi) is 9.68. The Labute approximate surface area is 251 Å². The van der Waals surface area contributed by atoms with Crippen LogP contribution in [0.3, 0.4) is 0 Å². The number of benzene rings is 3. The molecule has 0 saturated carbocycles. The summed E-state index contributed by atoms with van der Waals surface area (Å²) < 4.78 is 15.7. The maximum Gasteiger partial charge on any atom is 0.282 e. The molecule has 4 rings (SSSR count). The van der Waals surface area contributed by atoms with E-state index in [2.05, 4.69) is 52.9 Å². The molecule has 0 aliphatic heterocycles. The Morgan fingerprint density at radius 2 is 1.76 bits per heavy atom. The number of nitrogens with zero attached hydrogens (tertiary/aromatic N) is 3. The van der Waals surface area contributed by atoms with E-state index in [-0.39, 0.29) is 11.5 Å². The van der Waals surface area contributed by atoms with Gasteiger partial charge in [-0.25, -0.2) is 4.98 Å². The third kappa shape index (κ3) is 6.33. The largest absolute Gasteiger partial charge is 0.490 e. The van der Waals surface area contributed by atoms with E-state index in [1.807, 2.05) is 57.2 Å². The molecular weight excluding hydrogens is 701 g/mol. The highest BCUT2D eigenvalue weighted by Crippen LogP contribution is 2.42. The van der Waals surface area contributed by atoms with Crippen molar-refractivity contribution < 1.29 is 9.47 Å². The Morgan fingerprint density at radius 1 is 1.05 bits per heavy atom. The summed E-state index contributed by atoms with van der Waals surface area (Å²) in [6.07, 6.45) is 2.38. The lowest BCUT2D eigenvalue weighted by Gasteiger charge is -2.17. The normalized spacial score (nSPS) is 12.3. The van der Waals surface area contributed by atoms with E-state index in [0.717, 1.165) is 20.9 Å². The van der Waals surface area contributed by atoms with Crippen molar-refractivity contribution >= 4 is 76.5 Å². The second-order valence-corrected chi connectivity index (χ2v) is 11.6. The van der Waals surface area contributed by atoms with E-state index < -0.39 is 0 Å². The second-order valence-electron chi connectivity index (χ2n) is 8.57. The quantitative estimate of drug-likeness (QED) is 0.162. The number of halogens is 4. The van der Waals surface area contributed by atoms with E-state index in [9.17, 15) is 4.79 Å².